The van der Waals surface area contributed by atoms with Gasteiger partial charge < -0.3 is 2.85 Å². The number of rotatable bonds is 0. The largest absolute Gasteiger partial charge is 1.00 e. The zero-order valence-corrected chi connectivity index (χ0v) is 11.5. The molecule has 1 aliphatic rings. The Kier molecular flexibility index (Phi) is 4.05. The first-order chi connectivity index (χ1) is 4.13. The van der Waals surface area contributed by atoms with Crippen molar-refractivity contribution in [3.63, 3.8) is 0 Å². The van der Waals surface area contributed by atoms with Crippen LogP contribution in [-0.4, -0.2) is 10.2 Å². The van der Waals surface area contributed by atoms with Crippen LogP contribution in [0.5, 0.6) is 0 Å². The van der Waals surface area contributed by atoms with Crippen LogP contribution in [0.1, 0.15) is 23.6 Å². The predicted molar refractivity (Wildman–Crippen MR) is 46.5 cm³/mol. The molecule has 0 bridgehead atoms. The average Bonchev–Trinajstić information content (AvgIpc) is 1.98. The molecule has 0 saturated carbocycles. The van der Waals surface area contributed by atoms with Crippen molar-refractivity contribution in [1.82, 2.24) is 0 Å². The van der Waals surface area contributed by atoms with Crippen molar-refractivity contribution in [3.8, 4) is 0 Å². The third-order valence-corrected chi connectivity index (χ3v) is 3.78. The van der Waals surface area contributed by atoms with Crippen LogP contribution >= 0.6 is 0 Å². The summed E-state index contributed by atoms with van der Waals surface area (Å²) < 4.78 is 0. The fourth-order valence-electron chi connectivity index (χ4n) is 1.16. The van der Waals surface area contributed by atoms with Gasteiger partial charge in [0.2, 0.25) is 0 Å². The monoisotopic (exact) mass is 229 g/mol. The Labute approximate surface area is 88.3 Å². The molecule has 1 unspecified atom stereocenters. The molecule has 0 N–H and O–H groups in total. The molecule has 10 heavy (non-hydrogen) atoms. The summed E-state index contributed by atoms with van der Waals surface area (Å²) in [6.07, 6.45) is 3.39. The van der Waals surface area contributed by atoms with Gasteiger partial charge in [0.15, 0.2) is 0 Å². The molecular weight excluding hydrogens is 215 g/mol. The topological polar surface area (TPSA) is 0 Å². The molecule has 1 aliphatic carbocycles. The normalized spacial score (nSPS) is 24.7. The summed E-state index contributed by atoms with van der Waals surface area (Å²) in [5.74, 6) is 0.595. The Morgan fingerprint density at radius 1 is 1.50 bits per heavy atom. The van der Waals surface area contributed by atoms with E-state index >= 15 is 0 Å². The molecule has 0 saturated heterocycles. The van der Waals surface area contributed by atoms with E-state index in [2.05, 4.69) is 26.8 Å². The second kappa shape index (κ2) is 3.82. The minimum absolute atomic E-state index is 0. The molecule has 0 spiro atoms. The van der Waals surface area contributed by atoms with Crippen LogP contribution in [-0.2, 0) is 26.2 Å². The number of allylic oxidation sites excluding steroid dienone is 4. The predicted octanol–water partition coefficient (Wildman–Crippen LogP) is 1.25. The van der Waals surface area contributed by atoms with E-state index in [0.717, 1.165) is 0 Å². The Hall–Kier alpha value is 0.580. The average molecular weight is 231 g/mol. The van der Waals surface area contributed by atoms with Crippen molar-refractivity contribution in [1.29, 1.82) is 0 Å². The first kappa shape index (κ1) is 10.6. The van der Waals surface area contributed by atoms with Gasteiger partial charge in [-0.05, 0) is 10.2 Å². The molecule has 0 radical (unpaired) electrons. The zero-order valence-electron chi connectivity index (χ0n) is 9.08. The Morgan fingerprint density at radius 3 is 2.10 bits per heavy atom. The molecule has 0 heterocycles. The summed E-state index contributed by atoms with van der Waals surface area (Å²) in [5.41, 5.74) is 2.94. The molecule has 0 nitrogen and oxygen atoms in total. The third kappa shape index (κ3) is 1.79. The van der Waals surface area contributed by atoms with E-state index in [1.165, 1.54) is 15.8 Å². The van der Waals surface area contributed by atoms with E-state index in [1.54, 1.807) is 10.8 Å². The molecule has 1 rings (SSSR count). The standard InChI is InChI=1S/C8H13Si.Zr.2H/c1-5-4-6(2)8(9)7(5)3;;;/h5H,1-3,9H3;;;/q-1;;2*-1. The van der Waals surface area contributed by atoms with E-state index in [4.69, 9.17) is 0 Å². The zero-order chi connectivity index (χ0) is 7.02. The number of hydrogen-bond acceptors (Lipinski definition) is 0. The van der Waals surface area contributed by atoms with E-state index in [1.807, 2.05) is 0 Å². The maximum Gasteiger partial charge on any atom is 0 e. The van der Waals surface area contributed by atoms with E-state index in [9.17, 15) is 0 Å². The van der Waals surface area contributed by atoms with Crippen LogP contribution < -0.4 is 0 Å². The van der Waals surface area contributed by atoms with E-state index in [-0.39, 0.29) is 29.1 Å². The smallest absolute Gasteiger partial charge is 0 e. The SMILES string of the molecule is CC1=[C-]C(C)C(C)=C1[SiH3].[H-].[H-].[Zr]. The Morgan fingerprint density at radius 2 is 2.00 bits per heavy atom. The summed E-state index contributed by atoms with van der Waals surface area (Å²) in [7, 11) is 1.19. The summed E-state index contributed by atoms with van der Waals surface area (Å²) in [5, 5.41) is 1.57. The van der Waals surface area contributed by atoms with Crippen molar-refractivity contribution >= 4 is 10.2 Å². The van der Waals surface area contributed by atoms with Gasteiger partial charge in [0.1, 0.15) is 0 Å². The van der Waals surface area contributed by atoms with E-state index < -0.39 is 0 Å². The van der Waals surface area contributed by atoms with Crippen molar-refractivity contribution in [2.24, 2.45) is 5.92 Å². The second-order valence-corrected chi connectivity index (χ2v) is 3.80. The Balaban J connectivity index is -0.000000270. The molecular formula is C8H15SiZr-3. The first-order valence-corrected chi connectivity index (χ1v) is 4.40. The minimum atomic E-state index is 0. The van der Waals surface area contributed by atoms with Crippen LogP contribution in [0.25, 0.3) is 0 Å². The van der Waals surface area contributed by atoms with Crippen molar-refractivity contribution in [2.45, 2.75) is 20.8 Å². The second-order valence-electron chi connectivity index (χ2n) is 2.80. The number of hydrogen-bond donors (Lipinski definition) is 0. The van der Waals surface area contributed by atoms with Gasteiger partial charge in [0.05, 0.1) is 0 Å². The molecule has 0 amide bonds. The molecule has 58 valence electrons. The van der Waals surface area contributed by atoms with Gasteiger partial charge in [-0.15, -0.1) is 0 Å². The first-order valence-electron chi connectivity index (χ1n) is 3.40. The molecule has 0 aromatic carbocycles. The van der Waals surface area contributed by atoms with Gasteiger partial charge in [-0.3, -0.25) is 6.08 Å². The van der Waals surface area contributed by atoms with E-state index in [0.29, 0.717) is 5.92 Å². The molecule has 1 atom stereocenters. The fourth-order valence-corrected chi connectivity index (χ4v) is 1.74. The van der Waals surface area contributed by atoms with Gasteiger partial charge >= 0.3 is 0 Å². The van der Waals surface area contributed by atoms with Crippen LogP contribution in [0.15, 0.2) is 16.3 Å². The maximum atomic E-state index is 3.39. The molecule has 0 aromatic heterocycles. The van der Waals surface area contributed by atoms with Crippen molar-refractivity contribution in [3.05, 3.63) is 22.4 Å². The van der Waals surface area contributed by atoms with Crippen LogP contribution in [0, 0.1) is 12.0 Å². The Bertz CT molecular complexity index is 199. The summed E-state index contributed by atoms with van der Waals surface area (Å²) in [6.45, 7) is 6.59. The molecule has 0 aliphatic heterocycles. The molecule has 0 fully saturated rings. The maximum absolute atomic E-state index is 3.39. The minimum Gasteiger partial charge on any atom is -1.00 e. The third-order valence-electron chi connectivity index (χ3n) is 2.24. The summed E-state index contributed by atoms with van der Waals surface area (Å²) in [4.78, 5) is 0. The molecule has 2 heteroatoms. The summed E-state index contributed by atoms with van der Waals surface area (Å²) >= 11 is 0. The van der Waals surface area contributed by atoms with Gasteiger partial charge in [-0.1, -0.05) is 26.7 Å². The molecule has 0 aromatic rings. The van der Waals surface area contributed by atoms with Crippen LogP contribution in [0.3, 0.4) is 0 Å². The van der Waals surface area contributed by atoms with Gasteiger partial charge in [0, 0.05) is 26.2 Å². The van der Waals surface area contributed by atoms with Crippen molar-refractivity contribution < 1.29 is 29.1 Å². The van der Waals surface area contributed by atoms with Gasteiger partial charge in [0.25, 0.3) is 0 Å². The van der Waals surface area contributed by atoms with Gasteiger partial charge in [-0.2, -0.15) is 5.57 Å². The quantitative estimate of drug-likeness (QED) is 0.434. The van der Waals surface area contributed by atoms with Crippen LogP contribution in [0.4, 0.5) is 0 Å². The van der Waals surface area contributed by atoms with Crippen LogP contribution in [0.2, 0.25) is 0 Å². The van der Waals surface area contributed by atoms with Gasteiger partial charge in [-0.25, -0.2) is 10.8 Å². The summed E-state index contributed by atoms with van der Waals surface area (Å²) in [6, 6.07) is 0. The van der Waals surface area contributed by atoms with Crippen molar-refractivity contribution in [2.75, 3.05) is 0 Å². The fraction of sp³-hybridized carbons (Fsp3) is 0.500.